The number of aryl methyl sites for hydroxylation is 1. The molecule has 8 nitrogen and oxygen atoms in total. The smallest absolute Gasteiger partial charge is 0.360 e. The minimum absolute atomic E-state index is 0.235. The highest BCUT2D eigenvalue weighted by Crippen LogP contribution is 2.07. The summed E-state index contributed by atoms with van der Waals surface area (Å²) in [6, 6.07) is 0. The zero-order valence-electron chi connectivity index (χ0n) is 10.5. The third-order valence-corrected chi connectivity index (χ3v) is 2.55. The van der Waals surface area contributed by atoms with Crippen LogP contribution in [0.2, 0.25) is 0 Å². The Hall–Kier alpha value is -2.25. The average Bonchev–Trinajstić information content (AvgIpc) is 2.89. The van der Waals surface area contributed by atoms with E-state index in [1.54, 1.807) is 29.4 Å². The number of nitrogens with zero attached hydrogens (tertiary/aromatic N) is 6. The summed E-state index contributed by atoms with van der Waals surface area (Å²) < 4.78 is 8.27. The molecular weight excluding hydrogens is 236 g/mol. The first-order chi connectivity index (χ1) is 8.63. The van der Waals surface area contributed by atoms with Crippen molar-refractivity contribution in [2.75, 3.05) is 6.61 Å². The molecule has 0 amide bonds. The Kier molecular flexibility index (Phi) is 3.35. The molecule has 0 saturated carbocycles. The fraction of sp³-hybridized carbons (Fsp3) is 0.500. The van der Waals surface area contributed by atoms with Crippen molar-refractivity contribution in [1.29, 1.82) is 0 Å². The van der Waals surface area contributed by atoms with Crippen molar-refractivity contribution in [3.8, 4) is 0 Å². The number of hydrogen-bond acceptors (Lipinski definition) is 6. The first-order valence-corrected chi connectivity index (χ1v) is 5.53. The quantitative estimate of drug-likeness (QED) is 0.706. The molecule has 18 heavy (non-hydrogen) atoms. The van der Waals surface area contributed by atoms with Gasteiger partial charge in [-0.15, -0.1) is 15.3 Å². The van der Waals surface area contributed by atoms with Crippen molar-refractivity contribution in [3.63, 3.8) is 0 Å². The first kappa shape index (κ1) is 12.2. The van der Waals surface area contributed by atoms with Gasteiger partial charge >= 0.3 is 5.97 Å². The van der Waals surface area contributed by atoms with Crippen molar-refractivity contribution in [2.45, 2.75) is 20.4 Å². The molecule has 0 aliphatic rings. The predicted octanol–water partition coefficient (Wildman–Crippen LogP) is -0.0600. The third-order valence-electron chi connectivity index (χ3n) is 2.55. The summed E-state index contributed by atoms with van der Waals surface area (Å²) in [7, 11) is 1.84. The predicted molar refractivity (Wildman–Crippen MR) is 60.8 cm³/mol. The lowest BCUT2D eigenvalue weighted by Gasteiger charge is -2.03. The molecule has 2 aromatic rings. The number of rotatable bonds is 4. The molecule has 8 heteroatoms. The van der Waals surface area contributed by atoms with Crippen LogP contribution < -0.4 is 0 Å². The molecule has 2 rings (SSSR count). The van der Waals surface area contributed by atoms with Crippen molar-refractivity contribution in [3.05, 3.63) is 23.5 Å². The van der Waals surface area contributed by atoms with E-state index >= 15 is 0 Å². The number of carbonyl (C=O) groups excluding carboxylic acids is 1. The molecule has 2 aromatic heterocycles. The molecule has 0 unspecified atom stereocenters. The zero-order chi connectivity index (χ0) is 13.1. The van der Waals surface area contributed by atoms with E-state index in [1.165, 1.54) is 0 Å². The Balaban J connectivity index is 2.21. The van der Waals surface area contributed by atoms with Crippen LogP contribution in [0.25, 0.3) is 0 Å². The van der Waals surface area contributed by atoms with Gasteiger partial charge < -0.3 is 9.30 Å². The maximum absolute atomic E-state index is 11.6. The van der Waals surface area contributed by atoms with Gasteiger partial charge in [-0.3, -0.25) is 0 Å². The minimum atomic E-state index is -0.459. The summed E-state index contributed by atoms with van der Waals surface area (Å²) in [6.07, 6.45) is 1.61. The molecular formula is C10H14N6O2. The van der Waals surface area contributed by atoms with Crippen LogP contribution in [0, 0.1) is 6.92 Å². The van der Waals surface area contributed by atoms with E-state index < -0.39 is 5.97 Å². The van der Waals surface area contributed by atoms with Crippen molar-refractivity contribution < 1.29 is 9.53 Å². The second kappa shape index (κ2) is 4.94. The van der Waals surface area contributed by atoms with Crippen molar-refractivity contribution in [1.82, 2.24) is 29.8 Å². The number of carbonyl (C=O) groups is 1. The molecule has 0 aliphatic carbocycles. The Labute approximate surface area is 104 Å². The molecule has 0 radical (unpaired) electrons. The summed E-state index contributed by atoms with van der Waals surface area (Å²) >= 11 is 0. The van der Waals surface area contributed by atoms with Gasteiger partial charge in [0.25, 0.3) is 0 Å². The van der Waals surface area contributed by atoms with E-state index in [9.17, 15) is 4.79 Å². The molecule has 0 bridgehead atoms. The van der Waals surface area contributed by atoms with E-state index in [0.29, 0.717) is 18.8 Å². The standard InChI is InChI=1S/C10H14N6O2/c1-4-18-10(17)9-7(2)16(14-13-9)5-8-12-11-6-15(8)3/h6H,4-5H2,1-3H3. The minimum Gasteiger partial charge on any atom is -0.461 e. The van der Waals surface area contributed by atoms with Gasteiger partial charge in [0.15, 0.2) is 11.5 Å². The summed E-state index contributed by atoms with van der Waals surface area (Å²) in [5, 5.41) is 15.5. The Morgan fingerprint density at radius 2 is 2.22 bits per heavy atom. The van der Waals surface area contributed by atoms with Crippen LogP contribution in [0.1, 0.15) is 28.9 Å². The summed E-state index contributed by atoms with van der Waals surface area (Å²) in [6.45, 7) is 4.24. The molecule has 0 N–H and O–H groups in total. The van der Waals surface area contributed by atoms with Gasteiger partial charge in [-0.2, -0.15) is 0 Å². The van der Waals surface area contributed by atoms with Crippen molar-refractivity contribution in [2.24, 2.45) is 7.05 Å². The molecule has 0 saturated heterocycles. The van der Waals surface area contributed by atoms with Crippen LogP contribution in [-0.4, -0.2) is 42.3 Å². The van der Waals surface area contributed by atoms with E-state index in [2.05, 4.69) is 20.5 Å². The van der Waals surface area contributed by atoms with Gasteiger partial charge in [-0.1, -0.05) is 5.21 Å². The maximum atomic E-state index is 11.6. The van der Waals surface area contributed by atoms with Crippen LogP contribution in [0.3, 0.4) is 0 Å². The molecule has 0 aromatic carbocycles. The van der Waals surface area contributed by atoms with Gasteiger partial charge in [0.2, 0.25) is 0 Å². The SMILES string of the molecule is CCOC(=O)c1nnn(Cc2nncn2C)c1C. The van der Waals surface area contributed by atoms with Crippen LogP contribution in [-0.2, 0) is 18.3 Å². The van der Waals surface area contributed by atoms with Gasteiger partial charge in [0, 0.05) is 7.05 Å². The summed E-state index contributed by atoms with van der Waals surface area (Å²) in [5.74, 6) is 0.276. The Morgan fingerprint density at radius 1 is 1.44 bits per heavy atom. The monoisotopic (exact) mass is 250 g/mol. The maximum Gasteiger partial charge on any atom is 0.360 e. The fourth-order valence-electron chi connectivity index (χ4n) is 1.48. The van der Waals surface area contributed by atoms with Gasteiger partial charge in [0.05, 0.1) is 12.3 Å². The average molecular weight is 250 g/mol. The number of hydrogen-bond donors (Lipinski definition) is 0. The van der Waals surface area contributed by atoms with E-state index in [4.69, 9.17) is 4.74 Å². The Bertz CT molecular complexity index is 558. The normalized spacial score (nSPS) is 10.6. The van der Waals surface area contributed by atoms with E-state index in [-0.39, 0.29) is 5.69 Å². The fourth-order valence-corrected chi connectivity index (χ4v) is 1.48. The highest BCUT2D eigenvalue weighted by molar-refractivity contribution is 5.88. The number of aromatic nitrogens is 6. The summed E-state index contributed by atoms with van der Waals surface area (Å²) in [4.78, 5) is 11.6. The second-order valence-corrected chi connectivity index (χ2v) is 3.76. The van der Waals surface area contributed by atoms with E-state index in [1.807, 2.05) is 7.05 Å². The molecule has 0 aliphatic heterocycles. The largest absolute Gasteiger partial charge is 0.461 e. The number of ether oxygens (including phenoxy) is 1. The molecule has 96 valence electrons. The Morgan fingerprint density at radius 3 is 2.83 bits per heavy atom. The van der Waals surface area contributed by atoms with Gasteiger partial charge in [0.1, 0.15) is 12.9 Å². The third kappa shape index (κ3) is 2.22. The molecule has 0 spiro atoms. The molecule has 0 atom stereocenters. The van der Waals surface area contributed by atoms with Crippen molar-refractivity contribution >= 4 is 5.97 Å². The van der Waals surface area contributed by atoms with Crippen LogP contribution >= 0.6 is 0 Å². The van der Waals surface area contributed by atoms with E-state index in [0.717, 1.165) is 5.82 Å². The molecule has 2 heterocycles. The lowest BCUT2D eigenvalue weighted by atomic mass is 10.3. The lowest BCUT2D eigenvalue weighted by molar-refractivity contribution is 0.0518. The molecule has 0 fully saturated rings. The highest BCUT2D eigenvalue weighted by atomic mass is 16.5. The van der Waals surface area contributed by atoms with Crippen LogP contribution in [0.5, 0.6) is 0 Å². The van der Waals surface area contributed by atoms with Crippen LogP contribution in [0.15, 0.2) is 6.33 Å². The lowest BCUT2D eigenvalue weighted by Crippen LogP contribution is -2.11. The van der Waals surface area contributed by atoms with Crippen LogP contribution in [0.4, 0.5) is 0 Å². The highest BCUT2D eigenvalue weighted by Gasteiger charge is 2.18. The first-order valence-electron chi connectivity index (χ1n) is 5.53. The zero-order valence-corrected chi connectivity index (χ0v) is 10.5. The summed E-state index contributed by atoms with van der Waals surface area (Å²) in [5.41, 5.74) is 0.885. The number of esters is 1. The van der Waals surface area contributed by atoms with Gasteiger partial charge in [-0.05, 0) is 13.8 Å². The van der Waals surface area contributed by atoms with Gasteiger partial charge in [-0.25, -0.2) is 9.48 Å². The second-order valence-electron chi connectivity index (χ2n) is 3.76. The topological polar surface area (TPSA) is 87.7 Å².